The minimum absolute atomic E-state index is 0.210. The van der Waals surface area contributed by atoms with Crippen LogP contribution in [0.4, 0.5) is 4.39 Å². The summed E-state index contributed by atoms with van der Waals surface area (Å²) in [6, 6.07) is 10.6. The predicted molar refractivity (Wildman–Crippen MR) is 51.2 cm³/mol. The molecule has 0 saturated heterocycles. The number of hydrogen-bond donors (Lipinski definition) is 1. The number of thiol groups is 1. The van der Waals surface area contributed by atoms with Gasteiger partial charge in [0.25, 0.3) is 0 Å². The van der Waals surface area contributed by atoms with Gasteiger partial charge in [0.05, 0.1) is 0 Å². The molecule has 12 heavy (non-hydrogen) atoms. The van der Waals surface area contributed by atoms with Crippen molar-refractivity contribution in [2.75, 3.05) is 0 Å². The van der Waals surface area contributed by atoms with Crippen LogP contribution in [0, 0.1) is 5.82 Å². The molecule has 0 nitrogen and oxygen atoms in total. The highest BCUT2D eigenvalue weighted by atomic mass is 32.1. The molecule has 0 aromatic heterocycles. The molecule has 2 rings (SSSR count). The molecule has 0 fully saturated rings. The second-order valence-corrected chi connectivity index (χ2v) is 3.17. The van der Waals surface area contributed by atoms with Crippen molar-refractivity contribution in [1.29, 1.82) is 0 Å². The summed E-state index contributed by atoms with van der Waals surface area (Å²) in [4.78, 5) is 0.659. The standard InChI is InChI=1S/C10H7FS/c11-10-6-8(12)5-7-3-1-2-4-9(7)10/h1-6,12H. The zero-order valence-corrected chi connectivity index (χ0v) is 7.18. The Labute approximate surface area is 75.4 Å². The molecule has 0 saturated carbocycles. The highest BCUT2D eigenvalue weighted by Gasteiger charge is 1.99. The summed E-state index contributed by atoms with van der Waals surface area (Å²) < 4.78 is 13.2. The fourth-order valence-corrected chi connectivity index (χ4v) is 1.50. The van der Waals surface area contributed by atoms with Crippen molar-refractivity contribution >= 4 is 23.4 Å². The average Bonchev–Trinajstić information content (AvgIpc) is 2.04. The van der Waals surface area contributed by atoms with Crippen molar-refractivity contribution in [1.82, 2.24) is 0 Å². The third kappa shape index (κ3) is 1.18. The van der Waals surface area contributed by atoms with Crippen molar-refractivity contribution in [3.05, 3.63) is 42.2 Å². The number of hydrogen-bond acceptors (Lipinski definition) is 1. The van der Waals surface area contributed by atoms with E-state index in [9.17, 15) is 4.39 Å². The molecule has 0 N–H and O–H groups in total. The largest absolute Gasteiger partial charge is 0.206 e. The van der Waals surface area contributed by atoms with E-state index in [1.54, 1.807) is 6.07 Å². The maximum absolute atomic E-state index is 13.2. The molecular formula is C10H7FS. The van der Waals surface area contributed by atoms with Gasteiger partial charge in [0.15, 0.2) is 0 Å². The lowest BCUT2D eigenvalue weighted by Gasteiger charge is -1.99. The van der Waals surface area contributed by atoms with E-state index in [-0.39, 0.29) is 5.82 Å². The van der Waals surface area contributed by atoms with Gasteiger partial charge >= 0.3 is 0 Å². The normalized spacial score (nSPS) is 10.5. The number of halogens is 1. The minimum atomic E-state index is -0.210. The fraction of sp³-hybridized carbons (Fsp3) is 0. The van der Waals surface area contributed by atoms with Gasteiger partial charge in [0, 0.05) is 10.3 Å². The van der Waals surface area contributed by atoms with Gasteiger partial charge in [-0.05, 0) is 17.5 Å². The first-order chi connectivity index (χ1) is 5.77. The van der Waals surface area contributed by atoms with Gasteiger partial charge in [-0.25, -0.2) is 4.39 Å². The van der Waals surface area contributed by atoms with Crippen molar-refractivity contribution in [3.63, 3.8) is 0 Å². The highest BCUT2D eigenvalue weighted by Crippen LogP contribution is 2.21. The van der Waals surface area contributed by atoms with Crippen molar-refractivity contribution in [2.24, 2.45) is 0 Å². The monoisotopic (exact) mass is 178 g/mol. The zero-order valence-electron chi connectivity index (χ0n) is 6.29. The molecule has 0 heterocycles. The Bertz CT molecular complexity index is 423. The molecule has 0 unspecified atom stereocenters. The Morgan fingerprint density at radius 2 is 1.83 bits per heavy atom. The van der Waals surface area contributed by atoms with Crippen molar-refractivity contribution in [3.8, 4) is 0 Å². The summed E-state index contributed by atoms with van der Waals surface area (Å²) in [7, 11) is 0. The molecular weight excluding hydrogens is 171 g/mol. The van der Waals surface area contributed by atoms with E-state index >= 15 is 0 Å². The van der Waals surface area contributed by atoms with Gasteiger partial charge < -0.3 is 0 Å². The molecule has 0 aliphatic heterocycles. The summed E-state index contributed by atoms with van der Waals surface area (Å²) >= 11 is 4.09. The quantitative estimate of drug-likeness (QED) is 0.588. The van der Waals surface area contributed by atoms with E-state index in [0.29, 0.717) is 10.3 Å². The predicted octanol–water partition coefficient (Wildman–Crippen LogP) is 3.27. The smallest absolute Gasteiger partial charge is 0.132 e. The van der Waals surface area contributed by atoms with Crippen LogP contribution in [0.5, 0.6) is 0 Å². The number of benzene rings is 2. The molecule has 2 aromatic rings. The SMILES string of the molecule is Fc1cc(S)cc2ccccc12. The first kappa shape index (κ1) is 7.62. The van der Waals surface area contributed by atoms with Gasteiger partial charge in [0.2, 0.25) is 0 Å². The lowest BCUT2D eigenvalue weighted by molar-refractivity contribution is 0.636. The van der Waals surface area contributed by atoms with Crippen LogP contribution in [-0.4, -0.2) is 0 Å². The lowest BCUT2D eigenvalue weighted by Crippen LogP contribution is -1.79. The topological polar surface area (TPSA) is 0 Å². The maximum Gasteiger partial charge on any atom is 0.132 e. The van der Waals surface area contributed by atoms with Crippen molar-refractivity contribution in [2.45, 2.75) is 4.90 Å². The van der Waals surface area contributed by atoms with Gasteiger partial charge in [-0.2, -0.15) is 0 Å². The zero-order chi connectivity index (χ0) is 8.55. The molecule has 0 aliphatic rings. The van der Waals surface area contributed by atoms with E-state index in [2.05, 4.69) is 12.6 Å². The molecule has 2 aromatic carbocycles. The third-order valence-corrected chi connectivity index (χ3v) is 2.05. The van der Waals surface area contributed by atoms with Crippen LogP contribution in [0.3, 0.4) is 0 Å². The second kappa shape index (κ2) is 2.79. The van der Waals surface area contributed by atoms with E-state index in [4.69, 9.17) is 0 Å². The first-order valence-electron chi connectivity index (χ1n) is 3.64. The Kier molecular flexibility index (Phi) is 1.77. The molecule has 0 bridgehead atoms. The Hall–Kier alpha value is -1.02. The van der Waals surface area contributed by atoms with Crippen molar-refractivity contribution < 1.29 is 4.39 Å². The van der Waals surface area contributed by atoms with Crippen LogP contribution in [-0.2, 0) is 0 Å². The highest BCUT2D eigenvalue weighted by molar-refractivity contribution is 7.80. The Morgan fingerprint density at radius 1 is 1.08 bits per heavy atom. The Balaban J connectivity index is 2.89. The summed E-state index contributed by atoms with van der Waals surface area (Å²) in [5.74, 6) is -0.210. The summed E-state index contributed by atoms with van der Waals surface area (Å²) in [5, 5.41) is 1.54. The number of rotatable bonds is 0. The maximum atomic E-state index is 13.2. The molecule has 2 heteroatoms. The van der Waals surface area contributed by atoms with Crippen LogP contribution in [0.2, 0.25) is 0 Å². The first-order valence-corrected chi connectivity index (χ1v) is 4.09. The van der Waals surface area contributed by atoms with Crippen LogP contribution >= 0.6 is 12.6 Å². The third-order valence-electron chi connectivity index (χ3n) is 1.80. The molecule has 0 aliphatic carbocycles. The molecule has 0 spiro atoms. The van der Waals surface area contributed by atoms with Gasteiger partial charge in [-0.1, -0.05) is 24.3 Å². The van der Waals surface area contributed by atoms with Crippen LogP contribution in [0.15, 0.2) is 41.3 Å². The molecule has 0 amide bonds. The second-order valence-electron chi connectivity index (χ2n) is 2.65. The summed E-state index contributed by atoms with van der Waals surface area (Å²) in [6.45, 7) is 0. The van der Waals surface area contributed by atoms with E-state index < -0.39 is 0 Å². The summed E-state index contributed by atoms with van der Waals surface area (Å²) in [5.41, 5.74) is 0. The van der Waals surface area contributed by atoms with E-state index in [1.807, 2.05) is 24.3 Å². The minimum Gasteiger partial charge on any atom is -0.206 e. The van der Waals surface area contributed by atoms with E-state index in [0.717, 1.165) is 5.39 Å². The fourth-order valence-electron chi connectivity index (χ4n) is 1.25. The molecule has 0 atom stereocenters. The van der Waals surface area contributed by atoms with E-state index in [1.165, 1.54) is 6.07 Å². The lowest BCUT2D eigenvalue weighted by atomic mass is 10.1. The van der Waals surface area contributed by atoms with Crippen LogP contribution in [0.1, 0.15) is 0 Å². The molecule has 0 radical (unpaired) electrons. The number of fused-ring (bicyclic) bond motifs is 1. The Morgan fingerprint density at radius 3 is 2.67 bits per heavy atom. The average molecular weight is 178 g/mol. The van der Waals surface area contributed by atoms with Gasteiger partial charge in [-0.15, -0.1) is 12.6 Å². The molecule has 60 valence electrons. The van der Waals surface area contributed by atoms with Crippen LogP contribution < -0.4 is 0 Å². The summed E-state index contributed by atoms with van der Waals surface area (Å²) in [6.07, 6.45) is 0. The van der Waals surface area contributed by atoms with Gasteiger partial charge in [0.1, 0.15) is 5.82 Å². The van der Waals surface area contributed by atoms with Gasteiger partial charge in [-0.3, -0.25) is 0 Å². The van der Waals surface area contributed by atoms with Crippen LogP contribution in [0.25, 0.3) is 10.8 Å².